The number of thioether (sulfide) groups is 1. The van der Waals surface area contributed by atoms with Crippen molar-refractivity contribution in [1.29, 1.82) is 0 Å². The Bertz CT molecular complexity index is 203. The van der Waals surface area contributed by atoms with Crippen molar-refractivity contribution in [2.24, 2.45) is 0 Å². The Hall–Kier alpha value is -0.260. The first-order chi connectivity index (χ1) is 8.11. The third kappa shape index (κ3) is 9.44. The van der Waals surface area contributed by atoms with Crippen LogP contribution in [0, 0.1) is 0 Å². The number of methoxy groups -OCH3 is 1. The van der Waals surface area contributed by atoms with Crippen molar-refractivity contribution < 1.29 is 9.53 Å². The molecule has 0 aliphatic carbocycles. The fraction of sp³-hybridized carbons (Fsp3) is 0.917. The van der Waals surface area contributed by atoms with Gasteiger partial charge in [0.05, 0.1) is 12.6 Å². The van der Waals surface area contributed by atoms with Crippen molar-refractivity contribution in [3.8, 4) is 0 Å². The second-order valence-corrected chi connectivity index (χ2v) is 5.45. The maximum absolute atomic E-state index is 11.6. The molecule has 1 amide bonds. The van der Waals surface area contributed by atoms with Crippen LogP contribution in [0.15, 0.2) is 0 Å². The first kappa shape index (κ1) is 16.7. The summed E-state index contributed by atoms with van der Waals surface area (Å²) in [5.41, 5.74) is 0. The molecule has 0 aromatic heterocycles. The third-order valence-corrected chi connectivity index (χ3v) is 3.37. The van der Waals surface area contributed by atoms with Gasteiger partial charge in [-0.25, -0.2) is 0 Å². The fourth-order valence-corrected chi connectivity index (χ4v) is 2.23. The summed E-state index contributed by atoms with van der Waals surface area (Å²) < 4.78 is 4.88. The van der Waals surface area contributed by atoms with E-state index in [0.717, 1.165) is 17.9 Å². The van der Waals surface area contributed by atoms with Gasteiger partial charge in [0, 0.05) is 19.7 Å². The number of carbonyl (C=O) groups excluding carboxylic acids is 1. The molecule has 0 spiro atoms. The molecule has 0 heterocycles. The zero-order valence-electron chi connectivity index (χ0n) is 11.4. The molecular formula is C12H26N2O2S. The molecule has 0 aliphatic heterocycles. The molecule has 2 unspecified atom stereocenters. The molecule has 17 heavy (non-hydrogen) atoms. The lowest BCUT2D eigenvalue weighted by Gasteiger charge is -2.19. The van der Waals surface area contributed by atoms with Gasteiger partial charge < -0.3 is 15.4 Å². The molecule has 0 aromatic rings. The van der Waals surface area contributed by atoms with E-state index in [0.29, 0.717) is 19.2 Å². The summed E-state index contributed by atoms with van der Waals surface area (Å²) >= 11 is 1.93. The van der Waals surface area contributed by atoms with Crippen molar-refractivity contribution in [2.45, 2.75) is 39.3 Å². The van der Waals surface area contributed by atoms with Crippen LogP contribution in [-0.2, 0) is 9.53 Å². The van der Waals surface area contributed by atoms with Gasteiger partial charge in [-0.1, -0.05) is 6.92 Å². The molecule has 0 saturated carbocycles. The second kappa shape index (κ2) is 10.9. The maximum Gasteiger partial charge on any atom is 0.236 e. The van der Waals surface area contributed by atoms with Crippen LogP contribution in [0.4, 0.5) is 0 Å². The van der Waals surface area contributed by atoms with Crippen LogP contribution in [0.25, 0.3) is 0 Å². The number of hydrogen-bond acceptors (Lipinski definition) is 4. The molecule has 0 bridgehead atoms. The van der Waals surface area contributed by atoms with Crippen molar-refractivity contribution in [2.75, 3.05) is 31.8 Å². The highest BCUT2D eigenvalue weighted by Crippen LogP contribution is 2.04. The van der Waals surface area contributed by atoms with E-state index in [9.17, 15) is 4.79 Å². The molecule has 0 radical (unpaired) electrons. The zero-order valence-corrected chi connectivity index (χ0v) is 12.2. The first-order valence-corrected chi connectivity index (χ1v) is 7.37. The Morgan fingerprint density at radius 3 is 2.71 bits per heavy atom. The molecule has 5 heteroatoms. The van der Waals surface area contributed by atoms with E-state index >= 15 is 0 Å². The molecule has 0 fully saturated rings. The zero-order chi connectivity index (χ0) is 13.1. The third-order valence-electron chi connectivity index (χ3n) is 2.43. The van der Waals surface area contributed by atoms with E-state index < -0.39 is 0 Å². The van der Waals surface area contributed by atoms with Gasteiger partial charge in [-0.2, -0.15) is 11.8 Å². The molecule has 0 aliphatic rings. The minimum Gasteiger partial charge on any atom is -0.383 e. The number of nitrogens with one attached hydrogen (secondary N) is 2. The van der Waals surface area contributed by atoms with Crippen LogP contribution >= 0.6 is 11.8 Å². The van der Waals surface area contributed by atoms with Gasteiger partial charge in [0.2, 0.25) is 5.91 Å². The van der Waals surface area contributed by atoms with Gasteiger partial charge in [-0.15, -0.1) is 0 Å². The van der Waals surface area contributed by atoms with Gasteiger partial charge in [-0.3, -0.25) is 4.79 Å². The molecule has 2 N–H and O–H groups in total. The topological polar surface area (TPSA) is 50.4 Å². The molecule has 2 atom stereocenters. The smallest absolute Gasteiger partial charge is 0.236 e. The van der Waals surface area contributed by atoms with E-state index in [1.807, 2.05) is 18.7 Å². The minimum atomic E-state index is -0.145. The normalized spacial score (nSPS) is 14.4. The van der Waals surface area contributed by atoms with Crippen LogP contribution < -0.4 is 10.6 Å². The Morgan fingerprint density at radius 1 is 1.41 bits per heavy atom. The van der Waals surface area contributed by atoms with E-state index in [2.05, 4.69) is 24.5 Å². The van der Waals surface area contributed by atoms with Gasteiger partial charge >= 0.3 is 0 Å². The highest BCUT2D eigenvalue weighted by molar-refractivity contribution is 7.99. The minimum absolute atomic E-state index is 0.0389. The Kier molecular flexibility index (Phi) is 10.7. The molecule has 102 valence electrons. The number of rotatable bonds is 10. The number of carbonyl (C=O) groups is 1. The van der Waals surface area contributed by atoms with Crippen molar-refractivity contribution >= 4 is 17.7 Å². The van der Waals surface area contributed by atoms with Crippen molar-refractivity contribution in [3.63, 3.8) is 0 Å². The van der Waals surface area contributed by atoms with E-state index in [-0.39, 0.29) is 11.9 Å². The highest BCUT2D eigenvalue weighted by atomic mass is 32.2. The average molecular weight is 262 g/mol. The maximum atomic E-state index is 11.6. The monoisotopic (exact) mass is 262 g/mol. The summed E-state index contributed by atoms with van der Waals surface area (Å²) in [7, 11) is 1.63. The fourth-order valence-electron chi connectivity index (χ4n) is 1.42. The van der Waals surface area contributed by atoms with Crippen LogP contribution in [0.3, 0.4) is 0 Å². The summed E-state index contributed by atoms with van der Waals surface area (Å²) in [5, 5.41) is 6.12. The largest absolute Gasteiger partial charge is 0.383 e. The highest BCUT2D eigenvalue weighted by Gasteiger charge is 2.14. The number of hydrogen-bond donors (Lipinski definition) is 2. The summed E-state index contributed by atoms with van der Waals surface area (Å²) in [6.45, 7) is 7.30. The van der Waals surface area contributed by atoms with E-state index in [1.54, 1.807) is 7.11 Å². The van der Waals surface area contributed by atoms with E-state index in [4.69, 9.17) is 4.74 Å². The lowest BCUT2D eigenvalue weighted by atomic mass is 10.2. The summed E-state index contributed by atoms with van der Waals surface area (Å²) in [6.07, 6.45) is 1.09. The van der Waals surface area contributed by atoms with Gasteiger partial charge in [0.25, 0.3) is 0 Å². The quantitative estimate of drug-likeness (QED) is 0.582. The lowest BCUT2D eigenvalue weighted by Crippen LogP contribution is -2.46. The first-order valence-electron chi connectivity index (χ1n) is 6.22. The van der Waals surface area contributed by atoms with Crippen molar-refractivity contribution in [1.82, 2.24) is 10.6 Å². The van der Waals surface area contributed by atoms with Crippen LogP contribution in [0.2, 0.25) is 0 Å². The van der Waals surface area contributed by atoms with Crippen LogP contribution in [0.5, 0.6) is 0 Å². The summed E-state index contributed by atoms with van der Waals surface area (Å²) in [6, 6.07) is 0.228. The van der Waals surface area contributed by atoms with Crippen LogP contribution in [-0.4, -0.2) is 49.8 Å². The Balaban J connectivity index is 3.66. The van der Waals surface area contributed by atoms with Crippen molar-refractivity contribution in [3.05, 3.63) is 0 Å². The predicted molar refractivity (Wildman–Crippen MR) is 74.6 cm³/mol. The standard InChI is InChI=1S/C12H26N2O2S/c1-5-17-9-6-10(2)14-11(3)12(15)13-7-8-16-4/h10-11,14H,5-9H2,1-4H3,(H,13,15). The molecular weight excluding hydrogens is 236 g/mol. The van der Waals surface area contributed by atoms with Gasteiger partial charge in [-0.05, 0) is 31.8 Å². The average Bonchev–Trinajstić information content (AvgIpc) is 2.29. The lowest BCUT2D eigenvalue weighted by molar-refractivity contribution is -0.123. The summed E-state index contributed by atoms with van der Waals surface area (Å²) in [5.74, 6) is 2.33. The SMILES string of the molecule is CCSCCC(C)NC(C)C(=O)NCCOC. The second-order valence-electron chi connectivity index (χ2n) is 4.06. The molecule has 0 saturated heterocycles. The molecule has 0 aromatic carbocycles. The Morgan fingerprint density at radius 2 is 2.12 bits per heavy atom. The van der Waals surface area contributed by atoms with Crippen LogP contribution in [0.1, 0.15) is 27.2 Å². The van der Waals surface area contributed by atoms with Gasteiger partial charge in [0.15, 0.2) is 0 Å². The molecule has 0 rings (SSSR count). The van der Waals surface area contributed by atoms with Gasteiger partial charge in [0.1, 0.15) is 0 Å². The number of ether oxygens (including phenoxy) is 1. The predicted octanol–water partition coefficient (Wildman–Crippen LogP) is 1.26. The Labute approximate surface area is 109 Å². The number of amides is 1. The van der Waals surface area contributed by atoms with E-state index in [1.165, 1.54) is 0 Å². The molecule has 4 nitrogen and oxygen atoms in total. The summed E-state index contributed by atoms with van der Waals surface area (Å²) in [4.78, 5) is 11.6.